The van der Waals surface area contributed by atoms with Crippen molar-refractivity contribution in [2.45, 2.75) is 51.3 Å². The van der Waals surface area contributed by atoms with Gasteiger partial charge >= 0.3 is 6.09 Å². The highest BCUT2D eigenvalue weighted by Gasteiger charge is 2.41. The highest BCUT2D eigenvalue weighted by atomic mass is 16.5. The SMILES string of the molecule is C[C@@H](C1CC1)N(C(=O)CNC(=O)OCc1ccccc1)C1CC1. The van der Waals surface area contributed by atoms with E-state index in [9.17, 15) is 9.59 Å². The van der Waals surface area contributed by atoms with Crippen LogP contribution in [0, 0.1) is 5.92 Å². The first-order valence-corrected chi connectivity index (χ1v) is 8.41. The van der Waals surface area contributed by atoms with Gasteiger partial charge in [0.25, 0.3) is 0 Å². The Bertz CT molecular complexity index is 553. The lowest BCUT2D eigenvalue weighted by atomic mass is 10.1. The van der Waals surface area contributed by atoms with E-state index >= 15 is 0 Å². The summed E-state index contributed by atoms with van der Waals surface area (Å²) in [5, 5.41) is 2.58. The Morgan fingerprint density at radius 3 is 2.52 bits per heavy atom. The first-order chi connectivity index (χ1) is 11.1. The van der Waals surface area contributed by atoms with Crippen LogP contribution in [0.1, 0.15) is 38.2 Å². The van der Waals surface area contributed by atoms with Gasteiger partial charge in [0.2, 0.25) is 5.91 Å². The van der Waals surface area contributed by atoms with E-state index in [2.05, 4.69) is 12.2 Å². The molecule has 0 aromatic heterocycles. The molecule has 3 rings (SSSR count). The van der Waals surface area contributed by atoms with E-state index < -0.39 is 6.09 Å². The summed E-state index contributed by atoms with van der Waals surface area (Å²) < 4.78 is 5.13. The number of carbonyl (C=O) groups is 2. The summed E-state index contributed by atoms with van der Waals surface area (Å²) in [5.74, 6) is 0.646. The Morgan fingerprint density at radius 1 is 1.22 bits per heavy atom. The predicted molar refractivity (Wildman–Crippen MR) is 86.7 cm³/mol. The Labute approximate surface area is 137 Å². The van der Waals surface area contributed by atoms with Crippen LogP contribution in [0.4, 0.5) is 4.79 Å². The molecule has 5 heteroatoms. The zero-order valence-corrected chi connectivity index (χ0v) is 13.5. The number of rotatable bonds is 7. The third kappa shape index (κ3) is 4.47. The monoisotopic (exact) mass is 316 g/mol. The Morgan fingerprint density at radius 2 is 1.91 bits per heavy atom. The van der Waals surface area contributed by atoms with Gasteiger partial charge in [-0.05, 0) is 44.1 Å². The maximum absolute atomic E-state index is 12.4. The quantitative estimate of drug-likeness (QED) is 0.841. The summed E-state index contributed by atoms with van der Waals surface area (Å²) in [6, 6.07) is 10.2. The molecule has 0 spiro atoms. The van der Waals surface area contributed by atoms with Crippen molar-refractivity contribution in [3.8, 4) is 0 Å². The fourth-order valence-electron chi connectivity index (χ4n) is 2.93. The minimum atomic E-state index is -0.544. The lowest BCUT2D eigenvalue weighted by molar-refractivity contribution is -0.133. The van der Waals surface area contributed by atoms with Crippen LogP contribution in [0.5, 0.6) is 0 Å². The van der Waals surface area contributed by atoms with Gasteiger partial charge in [-0.25, -0.2) is 4.79 Å². The first kappa shape index (κ1) is 15.8. The number of amides is 2. The fraction of sp³-hybridized carbons (Fsp3) is 0.556. The van der Waals surface area contributed by atoms with Crippen molar-refractivity contribution in [1.82, 2.24) is 10.2 Å². The Kier molecular flexibility index (Phi) is 4.84. The van der Waals surface area contributed by atoms with Gasteiger partial charge in [0, 0.05) is 12.1 Å². The molecule has 1 aromatic carbocycles. The van der Waals surface area contributed by atoms with Crippen LogP contribution < -0.4 is 5.32 Å². The van der Waals surface area contributed by atoms with E-state index in [-0.39, 0.29) is 25.1 Å². The molecule has 5 nitrogen and oxygen atoms in total. The molecule has 0 bridgehead atoms. The number of hydrogen-bond acceptors (Lipinski definition) is 3. The van der Waals surface area contributed by atoms with Gasteiger partial charge in [0.05, 0.1) is 0 Å². The molecule has 1 atom stereocenters. The van der Waals surface area contributed by atoms with Crippen LogP contribution >= 0.6 is 0 Å². The maximum atomic E-state index is 12.4. The lowest BCUT2D eigenvalue weighted by Crippen LogP contribution is -2.46. The first-order valence-electron chi connectivity index (χ1n) is 8.41. The fourth-order valence-corrected chi connectivity index (χ4v) is 2.93. The van der Waals surface area contributed by atoms with E-state index in [4.69, 9.17) is 4.74 Å². The second-order valence-electron chi connectivity index (χ2n) is 6.53. The van der Waals surface area contributed by atoms with Gasteiger partial charge in [-0.3, -0.25) is 4.79 Å². The molecule has 0 unspecified atom stereocenters. The van der Waals surface area contributed by atoms with E-state index in [1.807, 2.05) is 35.2 Å². The van der Waals surface area contributed by atoms with Crippen LogP contribution in [-0.4, -0.2) is 35.5 Å². The number of nitrogens with one attached hydrogen (secondary N) is 1. The predicted octanol–water partition coefficient (Wildman–Crippen LogP) is 2.70. The molecule has 2 fully saturated rings. The van der Waals surface area contributed by atoms with E-state index in [1.54, 1.807) is 0 Å². The van der Waals surface area contributed by atoms with Crippen LogP contribution in [0.3, 0.4) is 0 Å². The molecule has 2 saturated carbocycles. The molecule has 0 aliphatic heterocycles. The lowest BCUT2D eigenvalue weighted by Gasteiger charge is -2.29. The van der Waals surface area contributed by atoms with E-state index in [0.29, 0.717) is 12.0 Å². The van der Waals surface area contributed by atoms with Crippen molar-refractivity contribution in [1.29, 1.82) is 0 Å². The average molecular weight is 316 g/mol. The molecule has 1 N–H and O–H groups in total. The molecule has 0 saturated heterocycles. The molecule has 2 aliphatic rings. The van der Waals surface area contributed by atoms with Gasteiger partial charge < -0.3 is 15.0 Å². The topological polar surface area (TPSA) is 58.6 Å². The zero-order chi connectivity index (χ0) is 16.2. The zero-order valence-electron chi connectivity index (χ0n) is 13.5. The van der Waals surface area contributed by atoms with Gasteiger partial charge in [-0.1, -0.05) is 30.3 Å². The Hall–Kier alpha value is -2.04. The third-order valence-electron chi connectivity index (χ3n) is 4.57. The van der Waals surface area contributed by atoms with E-state index in [1.165, 1.54) is 12.8 Å². The molecule has 124 valence electrons. The molecule has 0 heterocycles. The molecular weight excluding hydrogens is 292 g/mol. The largest absolute Gasteiger partial charge is 0.445 e. The van der Waals surface area contributed by atoms with Crippen LogP contribution in [-0.2, 0) is 16.1 Å². The van der Waals surface area contributed by atoms with Crippen LogP contribution in [0.15, 0.2) is 30.3 Å². The van der Waals surface area contributed by atoms with Gasteiger partial charge in [-0.2, -0.15) is 0 Å². The summed E-state index contributed by atoms with van der Waals surface area (Å²) in [6.07, 6.45) is 4.05. The number of hydrogen-bond donors (Lipinski definition) is 1. The van der Waals surface area contributed by atoms with E-state index in [0.717, 1.165) is 18.4 Å². The molecule has 0 radical (unpaired) electrons. The molecule has 2 amide bonds. The second kappa shape index (κ2) is 7.02. The van der Waals surface area contributed by atoms with Crippen molar-refractivity contribution in [3.05, 3.63) is 35.9 Å². The van der Waals surface area contributed by atoms with Crippen LogP contribution in [0.2, 0.25) is 0 Å². The van der Waals surface area contributed by atoms with Gasteiger partial charge in [-0.15, -0.1) is 0 Å². The average Bonchev–Trinajstić information content (AvgIpc) is 3.44. The minimum Gasteiger partial charge on any atom is -0.445 e. The highest BCUT2D eigenvalue weighted by molar-refractivity contribution is 5.83. The van der Waals surface area contributed by atoms with Gasteiger partial charge in [0.1, 0.15) is 13.2 Å². The Balaban J connectivity index is 1.43. The van der Waals surface area contributed by atoms with Crippen LogP contribution in [0.25, 0.3) is 0 Å². The van der Waals surface area contributed by atoms with Crippen molar-refractivity contribution in [2.75, 3.05) is 6.54 Å². The summed E-state index contributed by atoms with van der Waals surface area (Å²) in [7, 11) is 0. The number of benzene rings is 1. The summed E-state index contributed by atoms with van der Waals surface area (Å²) in [6.45, 7) is 2.36. The van der Waals surface area contributed by atoms with Crippen molar-refractivity contribution in [2.24, 2.45) is 5.92 Å². The number of alkyl carbamates (subject to hydrolysis) is 1. The maximum Gasteiger partial charge on any atom is 0.407 e. The summed E-state index contributed by atoms with van der Waals surface area (Å²) in [5.41, 5.74) is 0.927. The number of nitrogens with zero attached hydrogens (tertiary/aromatic N) is 1. The molecule has 2 aliphatic carbocycles. The van der Waals surface area contributed by atoms with Crippen molar-refractivity contribution < 1.29 is 14.3 Å². The number of carbonyl (C=O) groups excluding carboxylic acids is 2. The summed E-state index contributed by atoms with van der Waals surface area (Å²) in [4.78, 5) is 26.2. The van der Waals surface area contributed by atoms with Gasteiger partial charge in [0.15, 0.2) is 0 Å². The second-order valence-corrected chi connectivity index (χ2v) is 6.53. The minimum absolute atomic E-state index is 0.00330. The molecule has 23 heavy (non-hydrogen) atoms. The highest BCUT2D eigenvalue weighted by Crippen LogP contribution is 2.39. The van der Waals surface area contributed by atoms with Crippen molar-refractivity contribution >= 4 is 12.0 Å². The molecular formula is C18H24N2O3. The molecule has 1 aromatic rings. The smallest absolute Gasteiger partial charge is 0.407 e. The number of ether oxygens (including phenoxy) is 1. The summed E-state index contributed by atoms with van der Waals surface area (Å²) >= 11 is 0. The third-order valence-corrected chi connectivity index (χ3v) is 4.57. The normalized spacial score (nSPS) is 18.1. The van der Waals surface area contributed by atoms with Crippen molar-refractivity contribution in [3.63, 3.8) is 0 Å². The standard InChI is InChI=1S/C18H24N2O3/c1-13(15-7-8-15)20(16-9-10-16)17(21)11-19-18(22)23-12-14-5-3-2-4-6-14/h2-6,13,15-16H,7-12H2,1H3,(H,19,22)/t13-/m0/s1.